The van der Waals surface area contributed by atoms with Crippen LogP contribution in [0.15, 0.2) is 0 Å². The summed E-state index contributed by atoms with van der Waals surface area (Å²) >= 11 is 0. The van der Waals surface area contributed by atoms with Gasteiger partial charge in [-0.15, -0.1) is 0 Å². The highest BCUT2D eigenvalue weighted by atomic mass is 16.1. The van der Waals surface area contributed by atoms with Crippen LogP contribution in [0.3, 0.4) is 0 Å². The molecule has 0 saturated carbocycles. The van der Waals surface area contributed by atoms with Crippen LogP contribution in [0.2, 0.25) is 0 Å². The van der Waals surface area contributed by atoms with Crippen molar-refractivity contribution in [3.05, 3.63) is 0 Å². The van der Waals surface area contributed by atoms with Crippen LogP contribution in [0.1, 0.15) is 105 Å². The molecule has 0 aromatic carbocycles. The first-order valence-corrected chi connectivity index (χ1v) is 10.5. The zero-order chi connectivity index (χ0) is 19.2. The van der Waals surface area contributed by atoms with Crippen molar-refractivity contribution in [3.8, 4) is 0 Å². The molecular weight excluding hydrogens is 310 g/mol. The van der Waals surface area contributed by atoms with Gasteiger partial charge in [-0.2, -0.15) is 0 Å². The zero-order valence-electron chi connectivity index (χ0n) is 17.7. The van der Waals surface area contributed by atoms with Crippen molar-refractivity contribution < 1.29 is 4.79 Å². The molecule has 25 heavy (non-hydrogen) atoms. The Morgan fingerprint density at radius 1 is 0.840 bits per heavy atom. The highest BCUT2D eigenvalue weighted by molar-refractivity contribution is 5.75. The van der Waals surface area contributed by atoms with Crippen molar-refractivity contribution in [1.82, 2.24) is 10.6 Å². The summed E-state index contributed by atoms with van der Waals surface area (Å²) in [5.41, 5.74) is 6.35. The molecule has 1 amide bonds. The molecule has 4 N–H and O–H groups in total. The first kappa shape index (κ1) is 24.4. The molecule has 0 fully saturated rings. The SMILES string of the molecule is CCC(C)(N)CCCCCC(=O)NCCCCCCNC(C)(C)CC. The predicted octanol–water partition coefficient (Wildman–Crippen LogP) is 4.52. The molecular formula is C21H45N3O. The number of carbonyl (C=O) groups excluding carboxylic acids is 1. The number of carbonyl (C=O) groups is 1. The molecule has 4 heteroatoms. The Labute approximate surface area is 157 Å². The van der Waals surface area contributed by atoms with Gasteiger partial charge in [-0.3, -0.25) is 4.79 Å². The van der Waals surface area contributed by atoms with E-state index < -0.39 is 0 Å². The summed E-state index contributed by atoms with van der Waals surface area (Å²) in [6.45, 7) is 12.9. The summed E-state index contributed by atoms with van der Waals surface area (Å²) in [4.78, 5) is 11.8. The van der Waals surface area contributed by atoms with Crippen LogP contribution in [0, 0.1) is 0 Å². The maximum Gasteiger partial charge on any atom is 0.219 e. The van der Waals surface area contributed by atoms with E-state index in [0.29, 0.717) is 6.42 Å². The Balaban J connectivity index is 3.39. The summed E-state index contributed by atoms with van der Waals surface area (Å²) in [7, 11) is 0. The number of amides is 1. The van der Waals surface area contributed by atoms with Gasteiger partial charge in [0.15, 0.2) is 0 Å². The fourth-order valence-electron chi connectivity index (χ4n) is 2.64. The standard InChI is InChI=1S/C21H45N3O/c1-6-20(3,4)24-18-14-9-8-13-17-23-19(25)15-11-10-12-16-21(5,22)7-2/h24H,6-18,22H2,1-5H3,(H,23,25). The predicted molar refractivity (Wildman–Crippen MR) is 110 cm³/mol. The van der Waals surface area contributed by atoms with Gasteiger partial charge in [-0.05, 0) is 65.8 Å². The van der Waals surface area contributed by atoms with Gasteiger partial charge < -0.3 is 16.4 Å². The molecule has 150 valence electrons. The molecule has 0 spiro atoms. The fraction of sp³-hybridized carbons (Fsp3) is 0.952. The Morgan fingerprint density at radius 3 is 2.04 bits per heavy atom. The van der Waals surface area contributed by atoms with Gasteiger partial charge in [0.25, 0.3) is 0 Å². The van der Waals surface area contributed by atoms with E-state index in [9.17, 15) is 4.79 Å². The second kappa shape index (κ2) is 13.6. The number of nitrogens with one attached hydrogen (secondary N) is 2. The third-order valence-corrected chi connectivity index (χ3v) is 5.37. The van der Waals surface area contributed by atoms with Gasteiger partial charge in [0.05, 0.1) is 0 Å². The molecule has 0 bridgehead atoms. The number of rotatable bonds is 16. The van der Waals surface area contributed by atoms with Gasteiger partial charge in [0.2, 0.25) is 5.91 Å². The molecule has 0 aromatic rings. The number of hydrogen-bond donors (Lipinski definition) is 3. The molecule has 4 nitrogen and oxygen atoms in total. The highest BCUT2D eigenvalue weighted by Gasteiger charge is 2.14. The Hall–Kier alpha value is -0.610. The van der Waals surface area contributed by atoms with Crippen molar-refractivity contribution in [3.63, 3.8) is 0 Å². The van der Waals surface area contributed by atoms with Crippen LogP contribution in [0.4, 0.5) is 0 Å². The quantitative estimate of drug-likeness (QED) is 0.357. The van der Waals surface area contributed by atoms with Gasteiger partial charge >= 0.3 is 0 Å². The molecule has 1 unspecified atom stereocenters. The van der Waals surface area contributed by atoms with Crippen LogP contribution in [0.25, 0.3) is 0 Å². The average molecular weight is 356 g/mol. The van der Waals surface area contributed by atoms with Gasteiger partial charge in [0, 0.05) is 24.0 Å². The van der Waals surface area contributed by atoms with Crippen molar-refractivity contribution in [2.24, 2.45) is 5.73 Å². The highest BCUT2D eigenvalue weighted by Crippen LogP contribution is 2.15. The summed E-state index contributed by atoms with van der Waals surface area (Å²) in [5, 5.41) is 6.63. The lowest BCUT2D eigenvalue weighted by Crippen LogP contribution is -2.38. The molecule has 0 aliphatic carbocycles. The van der Waals surface area contributed by atoms with Gasteiger partial charge in [-0.1, -0.05) is 39.5 Å². The van der Waals surface area contributed by atoms with Gasteiger partial charge in [0.1, 0.15) is 0 Å². The lowest BCUT2D eigenvalue weighted by atomic mass is 9.93. The molecule has 1 atom stereocenters. The summed E-state index contributed by atoms with van der Waals surface area (Å²) in [5.74, 6) is 0.206. The van der Waals surface area contributed by atoms with Crippen LogP contribution in [-0.2, 0) is 4.79 Å². The van der Waals surface area contributed by atoms with Crippen molar-refractivity contribution >= 4 is 5.91 Å². The lowest BCUT2D eigenvalue weighted by molar-refractivity contribution is -0.121. The Morgan fingerprint density at radius 2 is 1.44 bits per heavy atom. The van der Waals surface area contributed by atoms with E-state index in [1.807, 2.05) is 0 Å². The molecule has 0 aliphatic heterocycles. The van der Waals surface area contributed by atoms with E-state index in [2.05, 4.69) is 45.3 Å². The van der Waals surface area contributed by atoms with Crippen molar-refractivity contribution in [2.75, 3.05) is 13.1 Å². The maximum atomic E-state index is 11.8. The second-order valence-electron chi connectivity index (χ2n) is 8.50. The molecule has 0 aliphatic rings. The lowest BCUT2D eigenvalue weighted by Gasteiger charge is -2.24. The number of unbranched alkanes of at least 4 members (excludes halogenated alkanes) is 5. The normalized spacial score (nSPS) is 14.3. The van der Waals surface area contributed by atoms with E-state index in [-0.39, 0.29) is 17.0 Å². The minimum atomic E-state index is -0.0376. The van der Waals surface area contributed by atoms with Crippen LogP contribution in [-0.4, -0.2) is 30.1 Å². The Kier molecular flexibility index (Phi) is 13.2. The number of hydrogen-bond acceptors (Lipinski definition) is 3. The number of nitrogens with two attached hydrogens (primary N) is 1. The van der Waals surface area contributed by atoms with E-state index in [0.717, 1.165) is 58.0 Å². The third kappa shape index (κ3) is 15.4. The third-order valence-electron chi connectivity index (χ3n) is 5.37. The van der Waals surface area contributed by atoms with Gasteiger partial charge in [-0.25, -0.2) is 0 Å². The molecule has 0 rings (SSSR count). The molecule has 0 saturated heterocycles. The first-order chi connectivity index (χ1) is 11.7. The van der Waals surface area contributed by atoms with E-state index >= 15 is 0 Å². The summed E-state index contributed by atoms with van der Waals surface area (Å²) < 4.78 is 0. The van der Waals surface area contributed by atoms with E-state index in [1.54, 1.807) is 0 Å². The van der Waals surface area contributed by atoms with Crippen molar-refractivity contribution in [1.29, 1.82) is 0 Å². The van der Waals surface area contributed by atoms with E-state index in [1.165, 1.54) is 19.3 Å². The minimum absolute atomic E-state index is 0.0376. The molecule has 0 aromatic heterocycles. The smallest absolute Gasteiger partial charge is 0.219 e. The van der Waals surface area contributed by atoms with Crippen LogP contribution in [0.5, 0.6) is 0 Å². The molecule has 0 heterocycles. The Bertz CT molecular complexity index is 340. The largest absolute Gasteiger partial charge is 0.356 e. The van der Waals surface area contributed by atoms with E-state index in [4.69, 9.17) is 5.73 Å². The van der Waals surface area contributed by atoms with Crippen LogP contribution < -0.4 is 16.4 Å². The fourth-order valence-corrected chi connectivity index (χ4v) is 2.64. The molecule has 0 radical (unpaired) electrons. The zero-order valence-corrected chi connectivity index (χ0v) is 17.7. The van der Waals surface area contributed by atoms with Crippen LogP contribution >= 0.6 is 0 Å². The summed E-state index contributed by atoms with van der Waals surface area (Å²) in [6, 6.07) is 0. The second-order valence-corrected chi connectivity index (χ2v) is 8.50. The van der Waals surface area contributed by atoms with Crippen molar-refractivity contribution in [2.45, 2.75) is 116 Å². The maximum absolute atomic E-state index is 11.8. The minimum Gasteiger partial charge on any atom is -0.356 e. The monoisotopic (exact) mass is 355 g/mol. The summed E-state index contributed by atoms with van der Waals surface area (Å²) in [6.07, 6.45) is 11.8. The topological polar surface area (TPSA) is 67.2 Å². The first-order valence-electron chi connectivity index (χ1n) is 10.5. The average Bonchev–Trinajstić information content (AvgIpc) is 2.56.